The average molecular weight is 396 g/mol. The Labute approximate surface area is 166 Å². The Kier molecular flexibility index (Phi) is 5.53. The molecule has 0 aromatic heterocycles. The number of benzene rings is 3. The maximum absolute atomic E-state index is 14.0. The van der Waals surface area contributed by atoms with Crippen molar-refractivity contribution in [2.45, 2.75) is 25.9 Å². The number of esters is 1. The SMILES string of the molecule is O=C(Cc1ccc(F)cc1)OCc1cc(F)cc2c1O[C@@H](c1ccccc1)OC2. The predicted octanol–water partition coefficient (Wildman–Crippen LogP) is 4.86. The Morgan fingerprint density at radius 2 is 1.76 bits per heavy atom. The van der Waals surface area contributed by atoms with E-state index < -0.39 is 18.1 Å². The molecule has 0 radical (unpaired) electrons. The molecule has 1 atom stereocenters. The molecule has 1 aliphatic heterocycles. The lowest BCUT2D eigenvalue weighted by Gasteiger charge is -2.28. The number of carbonyl (C=O) groups is 1. The summed E-state index contributed by atoms with van der Waals surface area (Å²) in [5, 5.41) is 0. The highest BCUT2D eigenvalue weighted by molar-refractivity contribution is 5.72. The van der Waals surface area contributed by atoms with Gasteiger partial charge in [-0.2, -0.15) is 0 Å². The molecule has 4 rings (SSSR count). The van der Waals surface area contributed by atoms with E-state index in [1.807, 2.05) is 30.3 Å². The zero-order valence-corrected chi connectivity index (χ0v) is 15.4. The van der Waals surface area contributed by atoms with Gasteiger partial charge in [0.05, 0.1) is 13.0 Å². The Morgan fingerprint density at radius 3 is 2.52 bits per heavy atom. The van der Waals surface area contributed by atoms with Crippen LogP contribution in [0.25, 0.3) is 0 Å². The first kappa shape index (κ1) is 19.1. The van der Waals surface area contributed by atoms with E-state index in [0.29, 0.717) is 22.4 Å². The van der Waals surface area contributed by atoms with Crippen molar-refractivity contribution in [1.29, 1.82) is 0 Å². The molecular weight excluding hydrogens is 378 g/mol. The van der Waals surface area contributed by atoms with Gasteiger partial charge >= 0.3 is 5.97 Å². The first-order chi connectivity index (χ1) is 14.1. The van der Waals surface area contributed by atoms with E-state index in [2.05, 4.69) is 0 Å². The van der Waals surface area contributed by atoms with Gasteiger partial charge in [0, 0.05) is 16.7 Å². The second-order valence-electron chi connectivity index (χ2n) is 6.69. The van der Waals surface area contributed by atoms with Crippen molar-refractivity contribution in [3.8, 4) is 5.75 Å². The number of fused-ring (bicyclic) bond motifs is 1. The van der Waals surface area contributed by atoms with Crippen LogP contribution in [-0.4, -0.2) is 5.97 Å². The van der Waals surface area contributed by atoms with Crippen LogP contribution in [-0.2, 0) is 33.9 Å². The number of halogens is 2. The number of hydrogen-bond donors (Lipinski definition) is 0. The average Bonchev–Trinajstić information content (AvgIpc) is 2.74. The quantitative estimate of drug-likeness (QED) is 0.578. The summed E-state index contributed by atoms with van der Waals surface area (Å²) >= 11 is 0. The molecule has 0 bridgehead atoms. The fraction of sp³-hybridized carbons (Fsp3) is 0.174. The minimum absolute atomic E-state index is 0.00556. The molecule has 0 saturated carbocycles. The Balaban J connectivity index is 1.47. The summed E-state index contributed by atoms with van der Waals surface area (Å²) in [6.45, 7) is 0.0464. The van der Waals surface area contributed by atoms with E-state index in [1.54, 1.807) is 0 Å². The Bertz CT molecular complexity index is 1000. The monoisotopic (exact) mass is 396 g/mol. The predicted molar refractivity (Wildman–Crippen MR) is 101 cm³/mol. The van der Waals surface area contributed by atoms with E-state index in [-0.39, 0.29) is 25.5 Å². The summed E-state index contributed by atoms with van der Waals surface area (Å²) < 4.78 is 43.9. The third-order valence-electron chi connectivity index (χ3n) is 4.54. The van der Waals surface area contributed by atoms with Crippen LogP contribution >= 0.6 is 0 Å². The summed E-state index contributed by atoms with van der Waals surface area (Å²) in [7, 11) is 0. The fourth-order valence-electron chi connectivity index (χ4n) is 3.14. The number of hydrogen-bond acceptors (Lipinski definition) is 4. The Hall–Kier alpha value is -3.25. The van der Waals surface area contributed by atoms with Gasteiger partial charge in [-0.25, -0.2) is 8.78 Å². The second-order valence-corrected chi connectivity index (χ2v) is 6.69. The van der Waals surface area contributed by atoms with Gasteiger partial charge < -0.3 is 14.2 Å². The number of carbonyl (C=O) groups excluding carboxylic acids is 1. The molecule has 1 heterocycles. The van der Waals surface area contributed by atoms with Crippen molar-refractivity contribution in [2.24, 2.45) is 0 Å². The number of ether oxygens (including phenoxy) is 3. The van der Waals surface area contributed by atoms with Gasteiger partial charge in [-0.15, -0.1) is 0 Å². The van der Waals surface area contributed by atoms with Crippen molar-refractivity contribution in [3.63, 3.8) is 0 Å². The molecular formula is C23H18F2O4. The smallest absolute Gasteiger partial charge is 0.310 e. The van der Waals surface area contributed by atoms with Gasteiger partial charge in [-0.3, -0.25) is 4.79 Å². The minimum Gasteiger partial charge on any atom is -0.460 e. The molecule has 0 N–H and O–H groups in total. The summed E-state index contributed by atoms with van der Waals surface area (Å²) in [4.78, 5) is 12.1. The molecule has 3 aromatic rings. The molecule has 3 aromatic carbocycles. The van der Waals surface area contributed by atoms with Crippen LogP contribution in [0, 0.1) is 11.6 Å². The van der Waals surface area contributed by atoms with Crippen LogP contribution in [0.2, 0.25) is 0 Å². The van der Waals surface area contributed by atoms with E-state index in [1.165, 1.54) is 36.4 Å². The minimum atomic E-state index is -0.622. The van der Waals surface area contributed by atoms with Crippen LogP contribution in [0.1, 0.15) is 28.5 Å². The van der Waals surface area contributed by atoms with Crippen LogP contribution in [0.4, 0.5) is 8.78 Å². The highest BCUT2D eigenvalue weighted by atomic mass is 19.1. The molecule has 0 unspecified atom stereocenters. The maximum Gasteiger partial charge on any atom is 0.310 e. The zero-order chi connectivity index (χ0) is 20.2. The fourth-order valence-corrected chi connectivity index (χ4v) is 3.14. The highest BCUT2D eigenvalue weighted by Gasteiger charge is 2.25. The van der Waals surface area contributed by atoms with Crippen LogP contribution in [0.3, 0.4) is 0 Å². The summed E-state index contributed by atoms with van der Waals surface area (Å²) in [5.41, 5.74) is 2.45. The van der Waals surface area contributed by atoms with E-state index in [0.717, 1.165) is 5.56 Å². The first-order valence-corrected chi connectivity index (χ1v) is 9.13. The maximum atomic E-state index is 14.0. The lowest BCUT2D eigenvalue weighted by atomic mass is 10.1. The van der Waals surface area contributed by atoms with Crippen LogP contribution in [0.15, 0.2) is 66.7 Å². The van der Waals surface area contributed by atoms with Gasteiger partial charge in [-0.1, -0.05) is 42.5 Å². The molecule has 0 spiro atoms. The zero-order valence-electron chi connectivity index (χ0n) is 15.4. The third-order valence-corrected chi connectivity index (χ3v) is 4.54. The largest absolute Gasteiger partial charge is 0.460 e. The summed E-state index contributed by atoms with van der Waals surface area (Å²) in [6, 6.07) is 17.6. The van der Waals surface area contributed by atoms with Crippen LogP contribution < -0.4 is 4.74 Å². The number of rotatable bonds is 5. The van der Waals surface area contributed by atoms with Crippen molar-refractivity contribution in [3.05, 3.63) is 101 Å². The molecule has 1 aliphatic rings. The van der Waals surface area contributed by atoms with Crippen molar-refractivity contribution >= 4 is 5.97 Å². The van der Waals surface area contributed by atoms with Gasteiger partial charge in [0.15, 0.2) is 0 Å². The van der Waals surface area contributed by atoms with Gasteiger partial charge in [0.25, 0.3) is 0 Å². The molecule has 148 valence electrons. The van der Waals surface area contributed by atoms with Crippen molar-refractivity contribution in [2.75, 3.05) is 0 Å². The molecule has 0 saturated heterocycles. The molecule has 0 fully saturated rings. The topological polar surface area (TPSA) is 44.8 Å². The molecule has 6 heteroatoms. The first-order valence-electron chi connectivity index (χ1n) is 9.13. The van der Waals surface area contributed by atoms with E-state index in [9.17, 15) is 13.6 Å². The highest BCUT2D eigenvalue weighted by Crippen LogP contribution is 2.36. The van der Waals surface area contributed by atoms with E-state index in [4.69, 9.17) is 14.2 Å². The van der Waals surface area contributed by atoms with Crippen LogP contribution in [0.5, 0.6) is 5.75 Å². The van der Waals surface area contributed by atoms with Crippen molar-refractivity contribution < 1.29 is 27.8 Å². The van der Waals surface area contributed by atoms with Gasteiger partial charge in [0.1, 0.15) is 24.0 Å². The third kappa shape index (κ3) is 4.60. The second kappa shape index (κ2) is 8.41. The standard InChI is InChI=1S/C23H18F2O4/c24-19-8-6-15(7-9-19)10-21(26)27-13-17-11-20(25)12-18-14-28-23(29-22(17)18)16-4-2-1-3-5-16/h1-9,11-12,23H,10,13-14H2/t23-/m0/s1. The van der Waals surface area contributed by atoms with E-state index >= 15 is 0 Å². The summed E-state index contributed by atoms with van der Waals surface area (Å²) in [6.07, 6.45) is -0.628. The summed E-state index contributed by atoms with van der Waals surface area (Å²) in [5.74, 6) is -0.873. The van der Waals surface area contributed by atoms with Gasteiger partial charge in [-0.05, 0) is 29.8 Å². The Morgan fingerprint density at radius 1 is 1.00 bits per heavy atom. The lowest BCUT2D eigenvalue weighted by molar-refractivity contribution is -0.144. The molecule has 29 heavy (non-hydrogen) atoms. The molecule has 0 aliphatic carbocycles. The normalized spacial score (nSPS) is 15.3. The molecule has 4 nitrogen and oxygen atoms in total. The molecule has 0 amide bonds. The van der Waals surface area contributed by atoms with Crippen molar-refractivity contribution in [1.82, 2.24) is 0 Å². The van der Waals surface area contributed by atoms with Gasteiger partial charge in [0.2, 0.25) is 6.29 Å². The lowest BCUT2D eigenvalue weighted by Crippen LogP contribution is -2.20.